The van der Waals surface area contributed by atoms with E-state index < -0.39 is 0 Å². The molecule has 0 bridgehead atoms. The molecule has 0 aromatic carbocycles. The number of esters is 1. The molecule has 0 saturated heterocycles. The zero-order valence-electron chi connectivity index (χ0n) is 10.5. The molecule has 94 valence electrons. The van der Waals surface area contributed by atoms with E-state index in [1.54, 1.807) is 7.05 Å². The highest BCUT2D eigenvalue weighted by Crippen LogP contribution is 2.25. The monoisotopic (exact) mass is 229 g/mol. The number of nitrogens with one attached hydrogen (secondary N) is 1. The molecule has 0 spiro atoms. The molecular weight excluding hydrogens is 206 g/mol. The predicted octanol–water partition coefficient (Wildman–Crippen LogP) is 1.34. The Morgan fingerprint density at radius 1 is 1.50 bits per heavy atom. The zero-order chi connectivity index (χ0) is 12.0. The predicted molar refractivity (Wildman–Crippen MR) is 62.2 cm³/mol. The fraction of sp³-hybridized carbons (Fsp3) is 0.917. The average molecular weight is 229 g/mol. The molecule has 3 atom stereocenters. The first-order valence-corrected chi connectivity index (χ1v) is 6.04. The van der Waals surface area contributed by atoms with Crippen molar-refractivity contribution in [1.29, 1.82) is 0 Å². The highest BCUT2D eigenvalue weighted by molar-refractivity contribution is 5.75. The maximum Gasteiger partial charge on any atom is 0.325 e. The molecule has 1 aliphatic rings. The first kappa shape index (κ1) is 13.5. The van der Waals surface area contributed by atoms with Gasteiger partial charge in [0.25, 0.3) is 0 Å². The van der Waals surface area contributed by atoms with Crippen molar-refractivity contribution >= 4 is 5.97 Å². The van der Waals surface area contributed by atoms with E-state index in [9.17, 15) is 4.79 Å². The lowest BCUT2D eigenvalue weighted by Crippen LogP contribution is -2.40. The lowest BCUT2D eigenvalue weighted by atomic mass is 9.89. The van der Waals surface area contributed by atoms with E-state index in [1.165, 1.54) is 20.0 Å². The van der Waals surface area contributed by atoms with Crippen molar-refractivity contribution in [3.05, 3.63) is 0 Å². The van der Waals surface area contributed by atoms with Crippen LogP contribution < -0.4 is 5.32 Å². The number of hydrogen-bond donors (Lipinski definition) is 1. The lowest BCUT2D eigenvalue weighted by Gasteiger charge is -2.28. The van der Waals surface area contributed by atoms with Gasteiger partial charge in [0.15, 0.2) is 0 Å². The van der Waals surface area contributed by atoms with Crippen molar-refractivity contribution < 1.29 is 14.3 Å². The fourth-order valence-corrected chi connectivity index (χ4v) is 2.17. The molecule has 1 aliphatic carbocycles. The van der Waals surface area contributed by atoms with Crippen molar-refractivity contribution in [1.82, 2.24) is 5.32 Å². The van der Waals surface area contributed by atoms with Crippen LogP contribution in [0.25, 0.3) is 0 Å². The highest BCUT2D eigenvalue weighted by atomic mass is 16.5. The minimum absolute atomic E-state index is 0.258. The Kier molecular flexibility index (Phi) is 5.77. The summed E-state index contributed by atoms with van der Waals surface area (Å²) in [6, 6.07) is -0.345. The van der Waals surface area contributed by atoms with Crippen LogP contribution in [0.2, 0.25) is 0 Å². The molecule has 3 unspecified atom stereocenters. The topological polar surface area (TPSA) is 47.6 Å². The third-order valence-electron chi connectivity index (χ3n) is 3.22. The molecule has 4 heteroatoms. The van der Waals surface area contributed by atoms with Crippen molar-refractivity contribution in [2.24, 2.45) is 5.92 Å². The number of hydrogen-bond acceptors (Lipinski definition) is 4. The quantitative estimate of drug-likeness (QED) is 0.723. The second-order valence-electron chi connectivity index (χ2n) is 4.59. The smallest absolute Gasteiger partial charge is 0.325 e. The van der Waals surface area contributed by atoms with Crippen LogP contribution in [0.3, 0.4) is 0 Å². The number of likely N-dealkylation sites (N-methyl/N-ethyl adjacent to an activating group) is 1. The Labute approximate surface area is 97.7 Å². The third kappa shape index (κ3) is 4.10. The van der Waals surface area contributed by atoms with E-state index in [0.717, 1.165) is 18.8 Å². The molecule has 16 heavy (non-hydrogen) atoms. The Bertz CT molecular complexity index is 220. The van der Waals surface area contributed by atoms with Gasteiger partial charge in [-0.15, -0.1) is 0 Å². The van der Waals surface area contributed by atoms with Gasteiger partial charge >= 0.3 is 5.97 Å². The Morgan fingerprint density at radius 3 is 2.81 bits per heavy atom. The summed E-state index contributed by atoms with van der Waals surface area (Å²) in [5.41, 5.74) is 0. The van der Waals surface area contributed by atoms with Gasteiger partial charge in [0.2, 0.25) is 0 Å². The molecule has 4 nitrogen and oxygen atoms in total. The molecule has 0 amide bonds. The van der Waals surface area contributed by atoms with E-state index >= 15 is 0 Å². The number of carbonyl (C=O) groups excluding carboxylic acids is 1. The van der Waals surface area contributed by atoms with Crippen LogP contribution >= 0.6 is 0 Å². The lowest BCUT2D eigenvalue weighted by molar-refractivity contribution is -0.145. The first-order chi connectivity index (χ1) is 7.67. The zero-order valence-corrected chi connectivity index (χ0v) is 10.5. The van der Waals surface area contributed by atoms with Crippen LogP contribution in [0.4, 0.5) is 0 Å². The van der Waals surface area contributed by atoms with Gasteiger partial charge in [-0.3, -0.25) is 4.79 Å². The molecule has 0 aromatic rings. The minimum atomic E-state index is -0.345. The van der Waals surface area contributed by atoms with E-state index in [-0.39, 0.29) is 12.0 Å². The fourth-order valence-electron chi connectivity index (χ4n) is 2.17. The molecule has 1 rings (SSSR count). The Balaban J connectivity index is 2.28. The van der Waals surface area contributed by atoms with Gasteiger partial charge in [-0.1, -0.05) is 19.8 Å². The van der Waals surface area contributed by atoms with Gasteiger partial charge < -0.3 is 14.8 Å². The van der Waals surface area contributed by atoms with Crippen molar-refractivity contribution in [2.75, 3.05) is 20.8 Å². The van der Waals surface area contributed by atoms with Crippen LogP contribution in [0.5, 0.6) is 0 Å². The van der Waals surface area contributed by atoms with E-state index in [4.69, 9.17) is 4.74 Å². The van der Waals surface area contributed by atoms with Crippen molar-refractivity contribution in [3.8, 4) is 0 Å². The standard InChI is InChI=1S/C12H23NO3/c1-9-5-4-6-10(7-9)16-8-11(13-2)12(14)15-3/h9-11,13H,4-8H2,1-3H3. The van der Waals surface area contributed by atoms with Gasteiger partial charge in [0.1, 0.15) is 6.04 Å². The van der Waals surface area contributed by atoms with E-state index in [2.05, 4.69) is 17.0 Å². The molecule has 0 aliphatic heterocycles. The molecular formula is C12H23NO3. The number of ether oxygens (including phenoxy) is 2. The molecule has 0 radical (unpaired) electrons. The number of rotatable bonds is 5. The van der Waals surface area contributed by atoms with Gasteiger partial charge in [-0.2, -0.15) is 0 Å². The molecule has 1 saturated carbocycles. The average Bonchev–Trinajstić information content (AvgIpc) is 2.29. The largest absolute Gasteiger partial charge is 0.468 e. The Morgan fingerprint density at radius 2 is 2.25 bits per heavy atom. The third-order valence-corrected chi connectivity index (χ3v) is 3.22. The summed E-state index contributed by atoms with van der Waals surface area (Å²) >= 11 is 0. The van der Waals surface area contributed by atoms with Crippen LogP contribution in [0.1, 0.15) is 32.6 Å². The summed E-state index contributed by atoms with van der Waals surface area (Å²) in [5.74, 6) is 0.483. The summed E-state index contributed by atoms with van der Waals surface area (Å²) in [4.78, 5) is 11.3. The van der Waals surface area contributed by atoms with Crippen molar-refractivity contribution in [3.63, 3.8) is 0 Å². The molecule has 1 N–H and O–H groups in total. The van der Waals surface area contributed by atoms with Crippen LogP contribution in [0, 0.1) is 5.92 Å². The van der Waals surface area contributed by atoms with Crippen LogP contribution in [-0.2, 0) is 14.3 Å². The number of carbonyl (C=O) groups is 1. The van der Waals surface area contributed by atoms with Gasteiger partial charge in [-0.05, 0) is 25.8 Å². The summed E-state index contributed by atoms with van der Waals surface area (Å²) in [7, 11) is 3.14. The summed E-state index contributed by atoms with van der Waals surface area (Å²) in [6.07, 6.45) is 5.06. The molecule has 1 fully saturated rings. The summed E-state index contributed by atoms with van der Waals surface area (Å²) in [6.45, 7) is 2.66. The summed E-state index contributed by atoms with van der Waals surface area (Å²) < 4.78 is 10.4. The SMILES string of the molecule is CNC(COC1CCCC(C)C1)C(=O)OC. The molecule has 0 aromatic heterocycles. The number of methoxy groups -OCH3 is 1. The maximum absolute atomic E-state index is 11.3. The second kappa shape index (κ2) is 6.86. The first-order valence-electron chi connectivity index (χ1n) is 6.04. The van der Waals surface area contributed by atoms with E-state index in [0.29, 0.717) is 12.7 Å². The minimum Gasteiger partial charge on any atom is -0.468 e. The highest BCUT2D eigenvalue weighted by Gasteiger charge is 2.23. The second-order valence-corrected chi connectivity index (χ2v) is 4.59. The van der Waals surface area contributed by atoms with Gasteiger partial charge in [-0.25, -0.2) is 0 Å². The molecule has 0 heterocycles. The normalized spacial score (nSPS) is 27.4. The van der Waals surface area contributed by atoms with Crippen LogP contribution in [0.15, 0.2) is 0 Å². The summed E-state index contributed by atoms with van der Waals surface area (Å²) in [5, 5.41) is 2.90. The Hall–Kier alpha value is -0.610. The van der Waals surface area contributed by atoms with Gasteiger partial charge in [0, 0.05) is 0 Å². The van der Waals surface area contributed by atoms with Crippen molar-refractivity contribution in [2.45, 2.75) is 44.8 Å². The van der Waals surface area contributed by atoms with Crippen LogP contribution in [-0.4, -0.2) is 38.9 Å². The van der Waals surface area contributed by atoms with Gasteiger partial charge in [0.05, 0.1) is 19.8 Å². The van der Waals surface area contributed by atoms with E-state index in [1.807, 2.05) is 0 Å². The maximum atomic E-state index is 11.3.